The van der Waals surface area contributed by atoms with Crippen LogP contribution in [0.3, 0.4) is 0 Å². The summed E-state index contributed by atoms with van der Waals surface area (Å²) in [6, 6.07) is 28.7. The van der Waals surface area contributed by atoms with Crippen molar-refractivity contribution in [1.82, 2.24) is 0 Å². The maximum Gasteiger partial charge on any atom is 0.343 e. The Balaban J connectivity index is 1.51. The van der Waals surface area contributed by atoms with Gasteiger partial charge in [-0.1, -0.05) is 70.2 Å². The van der Waals surface area contributed by atoms with Gasteiger partial charge in [-0.3, -0.25) is 0 Å². The fraction of sp³-hybridized carbons (Fsp3) is 0.257. The molecule has 0 amide bonds. The van der Waals surface area contributed by atoms with Gasteiger partial charge in [-0.25, -0.2) is 9.59 Å². The zero-order chi connectivity index (χ0) is 29.2. The molecule has 4 N–H and O–H groups in total. The first-order valence-electron chi connectivity index (χ1n) is 14.1. The number of esters is 2. The first-order valence-corrected chi connectivity index (χ1v) is 14.1. The molecule has 4 aromatic carbocycles. The van der Waals surface area contributed by atoms with Crippen LogP contribution in [-0.4, -0.2) is 11.9 Å². The molecule has 0 aliphatic heterocycles. The van der Waals surface area contributed by atoms with Crippen LogP contribution in [0.5, 0.6) is 11.5 Å². The molecule has 0 radical (unpaired) electrons. The minimum Gasteiger partial charge on any atom is -0.423 e. The molecule has 6 nitrogen and oxygen atoms in total. The van der Waals surface area contributed by atoms with E-state index in [9.17, 15) is 9.59 Å². The SMILES string of the molecule is CCCCCCCC(C)(c1ccc(OC(=O)c2ccc(N)cc2)cc1)c1ccc(OC(=O)c2ccc(N)cc2)cc1. The van der Waals surface area contributed by atoms with Crippen LogP contribution in [0.4, 0.5) is 11.4 Å². The summed E-state index contributed by atoms with van der Waals surface area (Å²) in [6.07, 6.45) is 6.85. The van der Waals surface area contributed by atoms with Crippen LogP contribution in [0.15, 0.2) is 97.1 Å². The van der Waals surface area contributed by atoms with E-state index in [4.69, 9.17) is 20.9 Å². The van der Waals surface area contributed by atoms with Gasteiger partial charge >= 0.3 is 11.9 Å². The van der Waals surface area contributed by atoms with E-state index in [1.165, 1.54) is 19.3 Å². The van der Waals surface area contributed by atoms with E-state index >= 15 is 0 Å². The molecule has 41 heavy (non-hydrogen) atoms. The van der Waals surface area contributed by atoms with Gasteiger partial charge in [0.2, 0.25) is 0 Å². The lowest BCUT2D eigenvalue weighted by molar-refractivity contribution is 0.0725. The summed E-state index contributed by atoms with van der Waals surface area (Å²) in [4.78, 5) is 25.1. The van der Waals surface area contributed by atoms with Gasteiger partial charge in [0.25, 0.3) is 0 Å². The lowest BCUT2D eigenvalue weighted by Crippen LogP contribution is -2.24. The topological polar surface area (TPSA) is 105 Å². The lowest BCUT2D eigenvalue weighted by Gasteiger charge is -2.31. The molecule has 0 saturated carbocycles. The van der Waals surface area contributed by atoms with Crippen LogP contribution in [-0.2, 0) is 5.41 Å². The number of carbonyl (C=O) groups excluding carboxylic acids is 2. The molecule has 212 valence electrons. The third-order valence-corrected chi connectivity index (χ3v) is 7.48. The van der Waals surface area contributed by atoms with Crippen molar-refractivity contribution in [2.45, 2.75) is 57.8 Å². The Kier molecular flexibility index (Phi) is 9.80. The van der Waals surface area contributed by atoms with Crippen LogP contribution in [0.2, 0.25) is 0 Å². The van der Waals surface area contributed by atoms with Crippen LogP contribution in [0, 0.1) is 0 Å². The molecule has 0 aromatic heterocycles. The van der Waals surface area contributed by atoms with Gasteiger partial charge in [0.15, 0.2) is 0 Å². The predicted molar refractivity (Wildman–Crippen MR) is 164 cm³/mol. The highest BCUT2D eigenvalue weighted by molar-refractivity contribution is 5.92. The molecule has 0 aliphatic rings. The Bertz CT molecular complexity index is 1330. The van der Waals surface area contributed by atoms with Gasteiger partial charge in [-0.2, -0.15) is 0 Å². The Morgan fingerprint density at radius 2 is 0.976 bits per heavy atom. The fourth-order valence-electron chi connectivity index (χ4n) is 4.89. The molecule has 0 fully saturated rings. The number of hydrogen-bond acceptors (Lipinski definition) is 6. The number of nitrogens with two attached hydrogens (primary N) is 2. The zero-order valence-electron chi connectivity index (χ0n) is 23.8. The van der Waals surface area contributed by atoms with E-state index in [1.807, 2.05) is 48.5 Å². The smallest absolute Gasteiger partial charge is 0.343 e. The van der Waals surface area contributed by atoms with Gasteiger partial charge in [-0.15, -0.1) is 0 Å². The average Bonchev–Trinajstić information content (AvgIpc) is 2.98. The molecule has 0 saturated heterocycles. The monoisotopic (exact) mass is 550 g/mol. The Labute approximate surface area is 242 Å². The standard InChI is InChI=1S/C35H38N2O4/c1-3-4-5-6-7-24-35(2,27-12-20-31(21-13-27)40-33(38)25-8-16-29(36)17-9-25)28-14-22-32(23-15-28)41-34(39)26-10-18-30(37)19-11-26/h8-23H,3-7,24,36-37H2,1-2H3. The highest BCUT2D eigenvalue weighted by Crippen LogP contribution is 2.38. The van der Waals surface area contributed by atoms with Gasteiger partial charge in [-0.05, 0) is 90.3 Å². The van der Waals surface area contributed by atoms with Crippen LogP contribution < -0.4 is 20.9 Å². The minimum absolute atomic E-state index is 0.287. The number of anilines is 2. The average molecular weight is 551 g/mol. The number of hydrogen-bond donors (Lipinski definition) is 2. The van der Waals surface area contributed by atoms with Gasteiger partial charge in [0.05, 0.1) is 11.1 Å². The van der Waals surface area contributed by atoms with Crippen LogP contribution in [0.1, 0.15) is 84.2 Å². The Morgan fingerprint density at radius 1 is 0.585 bits per heavy atom. The van der Waals surface area contributed by atoms with Crippen molar-refractivity contribution < 1.29 is 19.1 Å². The largest absolute Gasteiger partial charge is 0.423 e. The number of benzene rings is 4. The molecule has 0 bridgehead atoms. The van der Waals surface area contributed by atoms with E-state index in [0.29, 0.717) is 34.0 Å². The summed E-state index contributed by atoms with van der Waals surface area (Å²) in [6.45, 7) is 4.45. The van der Waals surface area contributed by atoms with Gasteiger partial charge in [0.1, 0.15) is 11.5 Å². The second kappa shape index (κ2) is 13.7. The second-order valence-electron chi connectivity index (χ2n) is 10.6. The molecular formula is C35H38N2O4. The molecular weight excluding hydrogens is 512 g/mol. The number of unbranched alkanes of at least 4 members (excludes halogenated alkanes) is 4. The van der Waals surface area contributed by atoms with Gasteiger partial charge in [0, 0.05) is 16.8 Å². The molecule has 4 rings (SSSR count). The second-order valence-corrected chi connectivity index (χ2v) is 10.6. The maximum atomic E-state index is 12.6. The molecule has 0 atom stereocenters. The normalized spacial score (nSPS) is 11.2. The summed E-state index contributed by atoms with van der Waals surface area (Å²) in [5.74, 6) is 0.0951. The van der Waals surface area contributed by atoms with Crippen molar-refractivity contribution in [3.63, 3.8) is 0 Å². The predicted octanol–water partition coefficient (Wildman–Crippen LogP) is 7.96. The summed E-state index contributed by atoms with van der Waals surface area (Å²) in [5, 5.41) is 0. The van der Waals surface area contributed by atoms with Crippen molar-refractivity contribution in [2.75, 3.05) is 11.5 Å². The van der Waals surface area contributed by atoms with Crippen molar-refractivity contribution in [2.24, 2.45) is 0 Å². The molecule has 0 aliphatic carbocycles. The molecule has 0 unspecified atom stereocenters. The van der Waals surface area contributed by atoms with E-state index in [1.54, 1.807) is 48.5 Å². The molecule has 0 spiro atoms. The van der Waals surface area contributed by atoms with E-state index in [2.05, 4.69) is 13.8 Å². The van der Waals surface area contributed by atoms with E-state index in [0.717, 1.165) is 30.4 Å². The Hall–Kier alpha value is -4.58. The number of rotatable bonds is 12. The van der Waals surface area contributed by atoms with Crippen molar-refractivity contribution in [1.29, 1.82) is 0 Å². The third-order valence-electron chi connectivity index (χ3n) is 7.48. The zero-order valence-corrected chi connectivity index (χ0v) is 23.8. The lowest BCUT2D eigenvalue weighted by atomic mass is 9.72. The quantitative estimate of drug-likeness (QED) is 0.0802. The summed E-state index contributed by atoms with van der Waals surface area (Å²) in [7, 11) is 0. The Morgan fingerprint density at radius 3 is 1.37 bits per heavy atom. The summed E-state index contributed by atoms with van der Waals surface area (Å²) < 4.78 is 11.2. The van der Waals surface area contributed by atoms with Crippen molar-refractivity contribution in [3.8, 4) is 11.5 Å². The van der Waals surface area contributed by atoms with Crippen molar-refractivity contribution in [3.05, 3.63) is 119 Å². The van der Waals surface area contributed by atoms with Crippen LogP contribution >= 0.6 is 0 Å². The van der Waals surface area contributed by atoms with Gasteiger partial charge < -0.3 is 20.9 Å². The maximum absolute atomic E-state index is 12.6. The first-order chi connectivity index (χ1) is 19.8. The number of nitrogen functional groups attached to an aromatic ring is 2. The summed E-state index contributed by atoms with van der Waals surface area (Å²) >= 11 is 0. The fourth-order valence-corrected chi connectivity index (χ4v) is 4.89. The molecule has 0 heterocycles. The highest BCUT2D eigenvalue weighted by Gasteiger charge is 2.29. The molecule has 6 heteroatoms. The van der Waals surface area contributed by atoms with Crippen molar-refractivity contribution >= 4 is 23.3 Å². The summed E-state index contributed by atoms with van der Waals surface area (Å²) in [5.41, 5.74) is 15.5. The van der Waals surface area contributed by atoms with E-state index < -0.39 is 11.9 Å². The number of ether oxygens (including phenoxy) is 2. The first kappa shape index (κ1) is 29.4. The molecule has 4 aromatic rings. The van der Waals surface area contributed by atoms with E-state index in [-0.39, 0.29) is 5.41 Å². The number of carbonyl (C=O) groups is 2. The highest BCUT2D eigenvalue weighted by atomic mass is 16.5. The minimum atomic E-state index is -0.430. The third kappa shape index (κ3) is 7.76. The van der Waals surface area contributed by atoms with Crippen LogP contribution in [0.25, 0.3) is 0 Å².